The van der Waals surface area contributed by atoms with E-state index in [9.17, 15) is 9.90 Å². The van der Waals surface area contributed by atoms with Gasteiger partial charge in [-0.25, -0.2) is 0 Å². The maximum atomic E-state index is 12.8. The molecule has 2 aliphatic heterocycles. The van der Waals surface area contributed by atoms with Gasteiger partial charge in [0, 0.05) is 26.1 Å². The summed E-state index contributed by atoms with van der Waals surface area (Å²) in [5.41, 5.74) is 0.607. The molecule has 0 bridgehead atoms. The second-order valence-electron chi connectivity index (χ2n) is 7.88. The van der Waals surface area contributed by atoms with Crippen LogP contribution in [0.5, 0.6) is 0 Å². The minimum atomic E-state index is -0.413. The highest BCUT2D eigenvalue weighted by molar-refractivity contribution is 5.78. The molecule has 2 fully saturated rings. The van der Waals surface area contributed by atoms with Crippen molar-refractivity contribution in [2.45, 2.75) is 63.1 Å². The minimum absolute atomic E-state index is 0.172. The lowest BCUT2D eigenvalue weighted by molar-refractivity contribution is -0.180. The van der Waals surface area contributed by atoms with E-state index in [0.717, 1.165) is 32.3 Å². The number of nitrogens with zero attached hydrogens (tertiary/aromatic N) is 1. The van der Waals surface area contributed by atoms with Crippen molar-refractivity contribution in [1.29, 1.82) is 0 Å². The molecule has 2 aliphatic rings. The SMILES string of the molecule is CC(C)(CC(=O)N1CCC2(CC1)OCCC[C@H]2O)c1ccccc1. The molecule has 4 nitrogen and oxygen atoms in total. The topological polar surface area (TPSA) is 49.8 Å². The lowest BCUT2D eigenvalue weighted by atomic mass is 9.79. The van der Waals surface area contributed by atoms with Crippen LogP contribution in [0.25, 0.3) is 0 Å². The number of rotatable bonds is 3. The van der Waals surface area contributed by atoms with Crippen LogP contribution in [-0.4, -0.2) is 47.3 Å². The van der Waals surface area contributed by atoms with E-state index in [1.54, 1.807) is 0 Å². The Morgan fingerprint density at radius 1 is 1.29 bits per heavy atom. The van der Waals surface area contributed by atoms with Crippen molar-refractivity contribution in [2.75, 3.05) is 19.7 Å². The van der Waals surface area contributed by atoms with E-state index in [4.69, 9.17) is 4.74 Å². The summed E-state index contributed by atoms with van der Waals surface area (Å²) in [6, 6.07) is 10.2. The van der Waals surface area contributed by atoms with E-state index in [0.29, 0.717) is 19.5 Å². The highest BCUT2D eigenvalue weighted by atomic mass is 16.5. The van der Waals surface area contributed by atoms with Crippen LogP contribution in [0.1, 0.15) is 51.5 Å². The van der Waals surface area contributed by atoms with Gasteiger partial charge in [-0.15, -0.1) is 0 Å². The number of aliphatic hydroxyl groups excluding tert-OH is 1. The maximum absolute atomic E-state index is 12.8. The van der Waals surface area contributed by atoms with Gasteiger partial charge in [-0.2, -0.15) is 0 Å². The largest absolute Gasteiger partial charge is 0.390 e. The van der Waals surface area contributed by atoms with E-state index in [2.05, 4.69) is 26.0 Å². The Bertz CT molecular complexity index is 562. The van der Waals surface area contributed by atoms with E-state index < -0.39 is 5.60 Å². The summed E-state index contributed by atoms with van der Waals surface area (Å²) in [5.74, 6) is 0.198. The first kappa shape index (κ1) is 17.4. The van der Waals surface area contributed by atoms with Crippen LogP contribution >= 0.6 is 0 Å². The molecule has 1 N–H and O–H groups in total. The molecule has 24 heavy (non-hydrogen) atoms. The Hall–Kier alpha value is -1.39. The molecule has 0 radical (unpaired) electrons. The van der Waals surface area contributed by atoms with Crippen molar-refractivity contribution in [3.05, 3.63) is 35.9 Å². The van der Waals surface area contributed by atoms with Gasteiger partial charge in [-0.05, 0) is 36.7 Å². The fourth-order valence-electron chi connectivity index (χ4n) is 4.00. The first-order chi connectivity index (χ1) is 11.4. The van der Waals surface area contributed by atoms with Crippen LogP contribution in [0.2, 0.25) is 0 Å². The molecule has 0 aliphatic carbocycles. The monoisotopic (exact) mass is 331 g/mol. The number of piperidine rings is 1. The summed E-state index contributed by atoms with van der Waals surface area (Å²) in [6.07, 6.45) is 3.35. The molecule has 1 amide bonds. The van der Waals surface area contributed by atoms with Crippen molar-refractivity contribution in [1.82, 2.24) is 4.90 Å². The van der Waals surface area contributed by atoms with Crippen LogP contribution < -0.4 is 0 Å². The standard InChI is InChI=1S/C20H29NO3/c1-19(2,16-7-4-3-5-8-16)15-18(23)21-12-10-20(11-13-21)17(22)9-6-14-24-20/h3-5,7-8,17,22H,6,9-15H2,1-2H3/t17-/m1/s1. The number of aliphatic hydroxyl groups is 1. The normalized spacial score (nSPS) is 24.1. The number of hydrogen-bond acceptors (Lipinski definition) is 3. The number of carbonyl (C=O) groups is 1. The zero-order valence-electron chi connectivity index (χ0n) is 14.8. The third kappa shape index (κ3) is 3.50. The molecule has 4 heteroatoms. The molecular weight excluding hydrogens is 302 g/mol. The van der Waals surface area contributed by atoms with E-state index in [-0.39, 0.29) is 17.4 Å². The Labute approximate surface area is 144 Å². The van der Waals surface area contributed by atoms with Gasteiger partial charge in [0.05, 0.1) is 11.7 Å². The molecule has 0 unspecified atom stereocenters. The Kier molecular flexibility index (Phi) is 4.97. The third-order valence-corrected chi connectivity index (χ3v) is 5.73. The molecule has 1 aromatic carbocycles. The molecule has 3 rings (SSSR count). The lowest BCUT2D eigenvalue weighted by Crippen LogP contribution is -2.56. The predicted octanol–water partition coefficient (Wildman–Crippen LogP) is 2.89. The van der Waals surface area contributed by atoms with E-state index in [1.807, 2.05) is 23.1 Å². The van der Waals surface area contributed by atoms with Crippen LogP contribution in [0.4, 0.5) is 0 Å². The molecule has 0 aromatic heterocycles. The first-order valence-electron chi connectivity index (χ1n) is 9.08. The summed E-state index contributed by atoms with van der Waals surface area (Å²) in [6.45, 7) is 6.34. The van der Waals surface area contributed by atoms with Gasteiger partial charge in [-0.1, -0.05) is 44.2 Å². The smallest absolute Gasteiger partial charge is 0.223 e. The van der Waals surface area contributed by atoms with Crippen molar-refractivity contribution in [3.8, 4) is 0 Å². The highest BCUT2D eigenvalue weighted by Gasteiger charge is 2.44. The average Bonchev–Trinajstić information content (AvgIpc) is 2.59. The van der Waals surface area contributed by atoms with Gasteiger partial charge in [0.1, 0.15) is 0 Å². The van der Waals surface area contributed by atoms with Crippen LogP contribution in [0.15, 0.2) is 30.3 Å². The number of benzene rings is 1. The zero-order valence-corrected chi connectivity index (χ0v) is 14.8. The van der Waals surface area contributed by atoms with Crippen LogP contribution in [0, 0.1) is 0 Å². The van der Waals surface area contributed by atoms with Crippen molar-refractivity contribution in [2.24, 2.45) is 0 Å². The van der Waals surface area contributed by atoms with Gasteiger partial charge in [0.2, 0.25) is 5.91 Å². The van der Waals surface area contributed by atoms with E-state index >= 15 is 0 Å². The van der Waals surface area contributed by atoms with Crippen LogP contribution in [0.3, 0.4) is 0 Å². The van der Waals surface area contributed by atoms with Crippen molar-refractivity contribution in [3.63, 3.8) is 0 Å². The average molecular weight is 331 g/mol. The summed E-state index contributed by atoms with van der Waals surface area (Å²) in [7, 11) is 0. The first-order valence-corrected chi connectivity index (χ1v) is 9.08. The second-order valence-corrected chi connectivity index (χ2v) is 7.88. The maximum Gasteiger partial charge on any atom is 0.223 e. The highest BCUT2D eigenvalue weighted by Crippen LogP contribution is 2.36. The Morgan fingerprint density at radius 2 is 1.96 bits per heavy atom. The van der Waals surface area contributed by atoms with Crippen molar-refractivity contribution >= 4 is 5.91 Å². The minimum Gasteiger partial charge on any atom is -0.390 e. The number of carbonyl (C=O) groups excluding carboxylic acids is 1. The predicted molar refractivity (Wildman–Crippen MR) is 93.8 cm³/mol. The van der Waals surface area contributed by atoms with Crippen molar-refractivity contribution < 1.29 is 14.6 Å². The molecule has 2 saturated heterocycles. The molecule has 1 atom stereocenters. The molecule has 0 saturated carbocycles. The molecule has 1 spiro atoms. The summed E-state index contributed by atoms with van der Waals surface area (Å²) in [4.78, 5) is 14.7. The third-order valence-electron chi connectivity index (χ3n) is 5.73. The van der Waals surface area contributed by atoms with Gasteiger partial charge >= 0.3 is 0 Å². The lowest BCUT2D eigenvalue weighted by Gasteiger charge is -2.47. The second kappa shape index (κ2) is 6.85. The molecular formula is C20H29NO3. The van der Waals surface area contributed by atoms with Gasteiger partial charge in [-0.3, -0.25) is 4.79 Å². The van der Waals surface area contributed by atoms with Crippen LogP contribution in [-0.2, 0) is 14.9 Å². The number of likely N-dealkylation sites (tertiary alicyclic amines) is 1. The van der Waals surface area contributed by atoms with E-state index in [1.165, 1.54) is 5.56 Å². The molecule has 2 heterocycles. The fraction of sp³-hybridized carbons (Fsp3) is 0.650. The summed E-state index contributed by atoms with van der Waals surface area (Å²) in [5, 5.41) is 10.3. The quantitative estimate of drug-likeness (QED) is 0.926. The molecule has 1 aromatic rings. The summed E-state index contributed by atoms with van der Waals surface area (Å²) < 4.78 is 5.93. The van der Waals surface area contributed by atoms with Gasteiger partial charge < -0.3 is 14.7 Å². The Balaban J connectivity index is 1.59. The zero-order chi connectivity index (χ0) is 17.2. The van der Waals surface area contributed by atoms with Gasteiger partial charge in [0.25, 0.3) is 0 Å². The number of hydrogen-bond donors (Lipinski definition) is 1. The number of ether oxygens (including phenoxy) is 1. The van der Waals surface area contributed by atoms with Gasteiger partial charge in [0.15, 0.2) is 0 Å². The number of amides is 1. The molecule has 132 valence electrons. The fourth-order valence-corrected chi connectivity index (χ4v) is 4.00. The Morgan fingerprint density at radius 3 is 2.58 bits per heavy atom. The summed E-state index contributed by atoms with van der Waals surface area (Å²) >= 11 is 0.